The monoisotopic (exact) mass is 429 g/mol. The summed E-state index contributed by atoms with van der Waals surface area (Å²) in [6, 6.07) is 16.3. The van der Waals surface area contributed by atoms with E-state index in [1.54, 1.807) is 6.20 Å². The molecule has 2 aromatic heterocycles. The lowest BCUT2D eigenvalue weighted by Crippen LogP contribution is -2.07. The highest BCUT2D eigenvalue weighted by Crippen LogP contribution is 2.32. The SMILES string of the molecule is COC(=O)Cc1ccc(C)cc1OCc1cc(-c2ccnc(CN)c2)c2ccn(C)c2c1. The van der Waals surface area contributed by atoms with E-state index < -0.39 is 0 Å². The number of esters is 1. The molecule has 0 spiro atoms. The Morgan fingerprint density at radius 2 is 1.97 bits per heavy atom. The zero-order chi connectivity index (χ0) is 22.7. The van der Waals surface area contributed by atoms with Gasteiger partial charge < -0.3 is 19.8 Å². The lowest BCUT2D eigenvalue weighted by atomic mass is 9.99. The number of fused-ring (bicyclic) bond motifs is 1. The summed E-state index contributed by atoms with van der Waals surface area (Å²) in [5, 5.41) is 1.16. The van der Waals surface area contributed by atoms with Gasteiger partial charge in [-0.05, 0) is 65.6 Å². The summed E-state index contributed by atoms with van der Waals surface area (Å²) in [5.41, 5.74) is 12.9. The van der Waals surface area contributed by atoms with E-state index in [4.69, 9.17) is 15.2 Å². The molecule has 0 aliphatic heterocycles. The Morgan fingerprint density at radius 3 is 2.75 bits per heavy atom. The molecule has 0 saturated carbocycles. The van der Waals surface area contributed by atoms with Crippen molar-refractivity contribution in [1.82, 2.24) is 9.55 Å². The van der Waals surface area contributed by atoms with Crippen molar-refractivity contribution in [2.24, 2.45) is 12.8 Å². The summed E-state index contributed by atoms with van der Waals surface area (Å²) >= 11 is 0. The van der Waals surface area contributed by atoms with Gasteiger partial charge in [0.25, 0.3) is 0 Å². The van der Waals surface area contributed by atoms with Crippen LogP contribution in [-0.2, 0) is 36.2 Å². The summed E-state index contributed by atoms with van der Waals surface area (Å²) in [6.07, 6.45) is 4.02. The number of methoxy groups -OCH3 is 1. The number of aryl methyl sites for hydroxylation is 2. The lowest BCUT2D eigenvalue weighted by molar-refractivity contribution is -0.139. The van der Waals surface area contributed by atoms with Crippen LogP contribution in [0.25, 0.3) is 22.0 Å². The average Bonchev–Trinajstić information content (AvgIpc) is 3.19. The van der Waals surface area contributed by atoms with Crippen LogP contribution in [-0.4, -0.2) is 22.6 Å². The van der Waals surface area contributed by atoms with E-state index in [0.29, 0.717) is 18.9 Å². The van der Waals surface area contributed by atoms with Crippen LogP contribution in [0.5, 0.6) is 5.75 Å². The maximum atomic E-state index is 11.8. The molecule has 0 bridgehead atoms. The predicted molar refractivity (Wildman–Crippen MR) is 125 cm³/mol. The Hall–Kier alpha value is -3.64. The summed E-state index contributed by atoms with van der Waals surface area (Å²) < 4.78 is 13.1. The highest BCUT2D eigenvalue weighted by molar-refractivity contribution is 5.96. The molecule has 0 unspecified atom stereocenters. The fourth-order valence-electron chi connectivity index (χ4n) is 3.84. The Kier molecular flexibility index (Phi) is 6.23. The highest BCUT2D eigenvalue weighted by Gasteiger charge is 2.13. The van der Waals surface area contributed by atoms with Gasteiger partial charge in [-0.25, -0.2) is 0 Å². The first-order valence-corrected chi connectivity index (χ1v) is 10.5. The molecule has 0 radical (unpaired) electrons. The van der Waals surface area contributed by atoms with E-state index in [1.807, 2.05) is 44.3 Å². The first-order chi connectivity index (χ1) is 15.5. The van der Waals surface area contributed by atoms with Crippen molar-refractivity contribution < 1.29 is 14.3 Å². The van der Waals surface area contributed by atoms with Gasteiger partial charge in [-0.3, -0.25) is 9.78 Å². The molecule has 2 N–H and O–H groups in total. The van der Waals surface area contributed by atoms with Gasteiger partial charge >= 0.3 is 5.97 Å². The Morgan fingerprint density at radius 1 is 1.12 bits per heavy atom. The van der Waals surface area contributed by atoms with Gasteiger partial charge in [-0.15, -0.1) is 0 Å². The zero-order valence-corrected chi connectivity index (χ0v) is 18.6. The third-order valence-electron chi connectivity index (χ3n) is 5.58. The van der Waals surface area contributed by atoms with Gasteiger partial charge in [-0.2, -0.15) is 0 Å². The van der Waals surface area contributed by atoms with E-state index in [0.717, 1.165) is 44.4 Å². The first-order valence-electron chi connectivity index (χ1n) is 10.5. The minimum atomic E-state index is -0.292. The van der Waals surface area contributed by atoms with Crippen molar-refractivity contribution in [3.05, 3.63) is 83.3 Å². The van der Waals surface area contributed by atoms with Crippen LogP contribution < -0.4 is 10.5 Å². The van der Waals surface area contributed by atoms with Crippen LogP contribution in [0.15, 0.2) is 60.9 Å². The van der Waals surface area contributed by atoms with Crippen LogP contribution in [0.2, 0.25) is 0 Å². The number of nitrogens with two attached hydrogens (primary N) is 1. The normalized spacial score (nSPS) is 11.0. The van der Waals surface area contributed by atoms with Crippen LogP contribution in [0.1, 0.15) is 22.4 Å². The molecule has 6 nitrogen and oxygen atoms in total. The summed E-state index contributed by atoms with van der Waals surface area (Å²) in [6.45, 7) is 2.77. The Labute approximate surface area is 187 Å². The minimum absolute atomic E-state index is 0.174. The van der Waals surface area contributed by atoms with Crippen LogP contribution in [0, 0.1) is 6.92 Å². The quantitative estimate of drug-likeness (QED) is 0.443. The second kappa shape index (κ2) is 9.24. The number of aromatic nitrogens is 2. The van der Waals surface area contributed by atoms with Crippen molar-refractivity contribution in [3.63, 3.8) is 0 Å². The highest BCUT2D eigenvalue weighted by atomic mass is 16.5. The standard InChI is InChI=1S/C26H27N3O3/c1-17-4-5-20(14-26(30)31-3)25(10-17)32-16-18-11-23(19-6-8-28-21(13-19)15-27)22-7-9-29(2)24(22)12-18/h4-13H,14-16,27H2,1-3H3. The number of carbonyl (C=O) groups is 1. The van der Waals surface area contributed by atoms with Gasteiger partial charge in [0.05, 0.1) is 19.2 Å². The number of nitrogens with zero attached hydrogens (tertiary/aromatic N) is 2. The maximum absolute atomic E-state index is 11.8. The van der Waals surface area contributed by atoms with E-state index in [-0.39, 0.29) is 12.4 Å². The van der Waals surface area contributed by atoms with Crippen LogP contribution >= 0.6 is 0 Å². The molecule has 0 fully saturated rings. The molecule has 32 heavy (non-hydrogen) atoms. The third-order valence-corrected chi connectivity index (χ3v) is 5.58. The maximum Gasteiger partial charge on any atom is 0.310 e. The molecule has 2 heterocycles. The van der Waals surface area contributed by atoms with E-state index in [9.17, 15) is 4.79 Å². The molecular weight excluding hydrogens is 402 g/mol. The van der Waals surface area contributed by atoms with Gasteiger partial charge in [0, 0.05) is 42.5 Å². The molecule has 0 amide bonds. The molecule has 2 aromatic carbocycles. The molecular formula is C26H27N3O3. The van der Waals surface area contributed by atoms with Gasteiger partial charge in [-0.1, -0.05) is 12.1 Å². The molecule has 0 aliphatic rings. The number of ether oxygens (including phenoxy) is 2. The summed E-state index contributed by atoms with van der Waals surface area (Å²) in [5.74, 6) is 0.401. The number of hydrogen-bond acceptors (Lipinski definition) is 5. The van der Waals surface area contributed by atoms with E-state index in [2.05, 4.69) is 33.9 Å². The third kappa shape index (κ3) is 4.50. The Bertz CT molecular complexity index is 1280. The second-order valence-electron chi connectivity index (χ2n) is 7.90. The molecule has 0 atom stereocenters. The fraction of sp³-hybridized carbons (Fsp3) is 0.231. The Balaban J connectivity index is 1.70. The van der Waals surface area contributed by atoms with Crippen molar-refractivity contribution in [2.75, 3.05) is 7.11 Å². The predicted octanol–water partition coefficient (Wildman–Crippen LogP) is 4.30. The number of pyridine rings is 1. The second-order valence-corrected chi connectivity index (χ2v) is 7.90. The minimum Gasteiger partial charge on any atom is -0.489 e. The summed E-state index contributed by atoms with van der Waals surface area (Å²) in [7, 11) is 3.42. The van der Waals surface area contributed by atoms with Crippen LogP contribution in [0.4, 0.5) is 0 Å². The molecule has 4 aromatic rings. The van der Waals surface area contributed by atoms with E-state index in [1.165, 1.54) is 7.11 Å². The number of benzene rings is 2. The molecule has 0 saturated heterocycles. The fourth-order valence-corrected chi connectivity index (χ4v) is 3.84. The van der Waals surface area contributed by atoms with Gasteiger partial charge in [0.1, 0.15) is 12.4 Å². The smallest absolute Gasteiger partial charge is 0.310 e. The zero-order valence-electron chi connectivity index (χ0n) is 18.6. The van der Waals surface area contributed by atoms with Crippen LogP contribution in [0.3, 0.4) is 0 Å². The topological polar surface area (TPSA) is 79.4 Å². The molecule has 0 aliphatic carbocycles. The van der Waals surface area contributed by atoms with Gasteiger partial charge in [0.2, 0.25) is 0 Å². The van der Waals surface area contributed by atoms with Crippen molar-refractivity contribution in [3.8, 4) is 16.9 Å². The molecule has 164 valence electrons. The van der Waals surface area contributed by atoms with Crippen molar-refractivity contribution >= 4 is 16.9 Å². The first kappa shape index (κ1) is 21.6. The number of carbonyl (C=O) groups excluding carboxylic acids is 1. The lowest BCUT2D eigenvalue weighted by Gasteiger charge is -2.14. The number of rotatable bonds is 7. The van der Waals surface area contributed by atoms with Crippen molar-refractivity contribution in [1.29, 1.82) is 0 Å². The van der Waals surface area contributed by atoms with Gasteiger partial charge in [0.15, 0.2) is 0 Å². The molecule has 4 rings (SSSR count). The largest absolute Gasteiger partial charge is 0.489 e. The average molecular weight is 430 g/mol. The van der Waals surface area contributed by atoms with E-state index >= 15 is 0 Å². The molecule has 6 heteroatoms. The number of hydrogen-bond donors (Lipinski definition) is 1. The summed E-state index contributed by atoms with van der Waals surface area (Å²) in [4.78, 5) is 16.1. The van der Waals surface area contributed by atoms with Crippen molar-refractivity contribution in [2.45, 2.75) is 26.5 Å².